The largest absolute Gasteiger partial charge is 0.467 e. The van der Waals surface area contributed by atoms with Crippen molar-refractivity contribution in [2.45, 2.75) is 12.5 Å². The Morgan fingerprint density at radius 3 is 2.62 bits per heavy atom. The number of rotatable bonds is 6. The lowest BCUT2D eigenvalue weighted by molar-refractivity contribution is 0.202. The number of fused-ring (bicyclic) bond motifs is 1. The summed E-state index contributed by atoms with van der Waals surface area (Å²) in [7, 11) is 1.56. The molecule has 3 heterocycles. The zero-order valence-corrected chi connectivity index (χ0v) is 16.5. The zero-order chi connectivity index (χ0) is 20.2. The lowest BCUT2D eigenvalue weighted by Crippen LogP contribution is -2.42. The number of methoxy groups -OCH3 is 1. The number of likely N-dealkylation sites (tertiary alicyclic amines) is 1. The average molecular weight is 394 g/mol. The Balaban J connectivity index is 1.36. The van der Waals surface area contributed by atoms with Crippen molar-refractivity contribution in [2.24, 2.45) is 11.8 Å². The Morgan fingerprint density at radius 2 is 1.97 bits per heavy atom. The van der Waals surface area contributed by atoms with Gasteiger partial charge in [0.1, 0.15) is 5.82 Å². The molecule has 2 N–H and O–H groups in total. The van der Waals surface area contributed by atoms with Crippen molar-refractivity contribution in [1.82, 2.24) is 20.2 Å². The van der Waals surface area contributed by atoms with Gasteiger partial charge in [0, 0.05) is 50.6 Å². The molecule has 8 heteroatoms. The van der Waals surface area contributed by atoms with Crippen LogP contribution in [0.4, 0.5) is 10.6 Å². The summed E-state index contributed by atoms with van der Waals surface area (Å²) in [5.41, 5.74) is 1.02. The number of hydrogen-bond donors (Lipinski definition) is 2. The quantitative estimate of drug-likeness (QED) is 0.734. The summed E-state index contributed by atoms with van der Waals surface area (Å²) in [4.78, 5) is 25.5. The summed E-state index contributed by atoms with van der Waals surface area (Å²) in [6.45, 7) is 3.22. The van der Waals surface area contributed by atoms with E-state index >= 15 is 0 Å². The van der Waals surface area contributed by atoms with Gasteiger partial charge in [-0.05, 0) is 17.8 Å². The van der Waals surface area contributed by atoms with Gasteiger partial charge in [0.15, 0.2) is 0 Å². The highest BCUT2D eigenvalue weighted by molar-refractivity contribution is 5.76. The molecular formula is C21H26N6O2. The van der Waals surface area contributed by atoms with Gasteiger partial charge in [-0.1, -0.05) is 30.3 Å². The minimum Gasteiger partial charge on any atom is -0.467 e. The highest BCUT2D eigenvalue weighted by Gasteiger charge is 2.42. The molecule has 2 aliphatic rings. The number of nitrogens with zero attached hydrogens (tertiary/aromatic N) is 4. The number of aromatic nitrogens is 2. The third-order valence-electron chi connectivity index (χ3n) is 5.75. The number of hydrogen-bond acceptors (Lipinski definition) is 6. The smallest absolute Gasteiger partial charge is 0.318 e. The minimum absolute atomic E-state index is 0.0506. The monoisotopic (exact) mass is 394 g/mol. The SMILES string of the molecule is COc1nccc(N2CC3CN(C(=O)NC(CC=N)c4ccccc4)CC3C2)n1. The van der Waals surface area contributed by atoms with Gasteiger partial charge in [-0.15, -0.1) is 0 Å². The molecule has 1 aromatic carbocycles. The summed E-state index contributed by atoms with van der Waals surface area (Å²) in [5, 5.41) is 10.6. The topological polar surface area (TPSA) is 94.4 Å². The van der Waals surface area contributed by atoms with E-state index in [9.17, 15) is 4.79 Å². The second kappa shape index (κ2) is 8.46. The molecule has 2 aliphatic heterocycles. The van der Waals surface area contributed by atoms with Gasteiger partial charge in [-0.3, -0.25) is 0 Å². The summed E-state index contributed by atoms with van der Waals surface area (Å²) >= 11 is 0. The van der Waals surface area contributed by atoms with Gasteiger partial charge in [0.2, 0.25) is 0 Å². The van der Waals surface area contributed by atoms with Gasteiger partial charge in [0.25, 0.3) is 0 Å². The molecule has 2 amide bonds. The Hall–Kier alpha value is -3.16. The van der Waals surface area contributed by atoms with E-state index in [2.05, 4.69) is 20.2 Å². The fourth-order valence-electron chi connectivity index (χ4n) is 4.27. The first-order valence-corrected chi connectivity index (χ1v) is 9.89. The average Bonchev–Trinajstić information content (AvgIpc) is 3.34. The van der Waals surface area contributed by atoms with E-state index in [0.717, 1.165) is 37.6 Å². The van der Waals surface area contributed by atoms with Gasteiger partial charge in [-0.25, -0.2) is 9.78 Å². The molecule has 2 saturated heterocycles. The minimum atomic E-state index is -0.174. The van der Waals surface area contributed by atoms with Gasteiger partial charge >= 0.3 is 12.0 Å². The summed E-state index contributed by atoms with van der Waals surface area (Å²) in [5.74, 6) is 1.73. The molecule has 0 spiro atoms. The number of ether oxygens (including phenoxy) is 1. The lowest BCUT2D eigenvalue weighted by atomic mass is 10.0. The maximum atomic E-state index is 12.9. The molecule has 0 aliphatic carbocycles. The maximum Gasteiger partial charge on any atom is 0.318 e. The molecule has 2 fully saturated rings. The fraction of sp³-hybridized carbons (Fsp3) is 0.429. The molecule has 0 saturated carbocycles. The van der Waals surface area contributed by atoms with Crippen molar-refractivity contribution in [3.63, 3.8) is 0 Å². The van der Waals surface area contributed by atoms with Crippen molar-refractivity contribution in [1.29, 1.82) is 5.41 Å². The molecule has 1 aromatic heterocycles. The van der Waals surface area contributed by atoms with Crippen molar-refractivity contribution in [2.75, 3.05) is 38.2 Å². The first-order valence-electron chi connectivity index (χ1n) is 9.89. The van der Waals surface area contributed by atoms with E-state index in [4.69, 9.17) is 10.1 Å². The van der Waals surface area contributed by atoms with Crippen LogP contribution in [-0.4, -0.2) is 60.4 Å². The first kappa shape index (κ1) is 19.2. The van der Waals surface area contributed by atoms with Crippen LogP contribution in [0.1, 0.15) is 18.0 Å². The van der Waals surface area contributed by atoms with Gasteiger partial charge in [-0.2, -0.15) is 4.98 Å². The number of urea groups is 1. The van der Waals surface area contributed by atoms with Crippen LogP contribution in [0.2, 0.25) is 0 Å². The third-order valence-corrected chi connectivity index (χ3v) is 5.75. The predicted molar refractivity (Wildman–Crippen MR) is 110 cm³/mol. The Morgan fingerprint density at radius 1 is 1.24 bits per heavy atom. The van der Waals surface area contributed by atoms with Crippen LogP contribution in [0.15, 0.2) is 42.6 Å². The summed E-state index contributed by atoms with van der Waals surface area (Å²) < 4.78 is 5.12. The Labute approximate surface area is 170 Å². The highest BCUT2D eigenvalue weighted by atomic mass is 16.5. The van der Waals surface area contributed by atoms with Crippen LogP contribution in [0.25, 0.3) is 0 Å². The number of amides is 2. The van der Waals surface area contributed by atoms with E-state index in [1.165, 1.54) is 6.21 Å². The van der Waals surface area contributed by atoms with E-state index in [0.29, 0.717) is 24.3 Å². The number of benzene rings is 1. The summed E-state index contributed by atoms with van der Waals surface area (Å²) in [6, 6.07) is 11.9. The van der Waals surface area contributed by atoms with Crippen molar-refractivity contribution < 1.29 is 9.53 Å². The normalized spacial score (nSPS) is 21.6. The molecular weight excluding hydrogens is 368 g/mol. The van der Waals surface area contributed by atoms with Crippen molar-refractivity contribution in [3.05, 3.63) is 48.2 Å². The standard InChI is InChI=1S/C21H26N6O2/c1-29-20-23-10-8-19(25-20)26-11-16-13-27(14-17(16)12-26)21(28)24-18(7-9-22)15-5-3-2-4-6-15/h2-6,8-10,16-18,22H,7,11-14H2,1H3,(H,24,28). The maximum absolute atomic E-state index is 12.9. The molecule has 0 radical (unpaired) electrons. The number of carbonyl (C=O) groups is 1. The number of nitrogens with one attached hydrogen (secondary N) is 2. The van der Waals surface area contributed by atoms with Crippen molar-refractivity contribution >= 4 is 18.1 Å². The number of carbonyl (C=O) groups excluding carboxylic acids is 1. The van der Waals surface area contributed by atoms with Gasteiger partial charge in [0.05, 0.1) is 13.2 Å². The van der Waals surface area contributed by atoms with Crippen LogP contribution in [0.3, 0.4) is 0 Å². The molecule has 29 heavy (non-hydrogen) atoms. The molecule has 152 valence electrons. The van der Waals surface area contributed by atoms with E-state index in [1.807, 2.05) is 41.3 Å². The first-order chi connectivity index (χ1) is 14.2. The molecule has 2 aromatic rings. The Bertz CT molecular complexity index is 847. The van der Waals surface area contributed by atoms with Gasteiger partial charge < -0.3 is 25.3 Å². The molecule has 3 unspecified atom stereocenters. The molecule has 0 bridgehead atoms. The van der Waals surface area contributed by atoms with Crippen LogP contribution >= 0.6 is 0 Å². The molecule has 3 atom stereocenters. The van der Waals surface area contributed by atoms with Crippen LogP contribution in [-0.2, 0) is 0 Å². The van der Waals surface area contributed by atoms with Crippen LogP contribution in [0.5, 0.6) is 6.01 Å². The Kier molecular flexibility index (Phi) is 5.59. The highest BCUT2D eigenvalue weighted by Crippen LogP contribution is 2.33. The molecule has 4 rings (SSSR count). The van der Waals surface area contributed by atoms with E-state index < -0.39 is 0 Å². The molecule has 8 nitrogen and oxygen atoms in total. The van der Waals surface area contributed by atoms with Crippen LogP contribution in [0, 0.1) is 17.2 Å². The van der Waals surface area contributed by atoms with E-state index in [1.54, 1.807) is 13.3 Å². The zero-order valence-electron chi connectivity index (χ0n) is 16.5. The van der Waals surface area contributed by atoms with Crippen LogP contribution < -0.4 is 15.0 Å². The fourth-order valence-corrected chi connectivity index (χ4v) is 4.27. The van der Waals surface area contributed by atoms with Crippen molar-refractivity contribution in [3.8, 4) is 6.01 Å². The predicted octanol–water partition coefficient (Wildman–Crippen LogP) is 2.34. The second-order valence-electron chi connectivity index (χ2n) is 7.58. The second-order valence-corrected chi connectivity index (χ2v) is 7.58. The summed E-state index contributed by atoms with van der Waals surface area (Å²) in [6.07, 6.45) is 3.55. The lowest BCUT2D eigenvalue weighted by Gasteiger charge is -2.25. The number of anilines is 1. The third kappa shape index (κ3) is 4.16. The van der Waals surface area contributed by atoms with E-state index in [-0.39, 0.29) is 12.1 Å².